The number of fused-ring (bicyclic) bond motifs is 2. The molecule has 0 aliphatic carbocycles. The molecule has 0 spiro atoms. The lowest BCUT2D eigenvalue weighted by Gasteiger charge is -2.11. The van der Waals surface area contributed by atoms with Gasteiger partial charge in [0.25, 0.3) is 0 Å². The molecule has 0 aromatic carbocycles. The van der Waals surface area contributed by atoms with Gasteiger partial charge in [-0.3, -0.25) is 0 Å². The topological polar surface area (TPSA) is 72.8 Å². The summed E-state index contributed by atoms with van der Waals surface area (Å²) in [5.74, 6) is -1.67. The van der Waals surface area contributed by atoms with Crippen LogP contribution in [0.2, 0.25) is 0 Å². The first-order valence-electron chi connectivity index (χ1n) is 4.36. The largest absolute Gasteiger partial charge is 0.478 e. The van der Waals surface area contributed by atoms with Gasteiger partial charge in [-0.25, -0.2) is 9.59 Å². The number of carbonyl (C=O) groups is 2. The van der Waals surface area contributed by atoms with Gasteiger partial charge in [0.1, 0.15) is 0 Å². The fourth-order valence-corrected chi connectivity index (χ4v) is 2.01. The number of carboxylic acid groups (broad SMARTS) is 1. The van der Waals surface area contributed by atoms with E-state index in [2.05, 4.69) is 4.74 Å². The molecule has 2 aliphatic heterocycles. The molecule has 2 atom stereocenters. The predicted octanol–water partition coefficient (Wildman–Crippen LogP) is 0.102. The number of ether oxygens (including phenoxy) is 2. The Labute approximate surface area is 80.3 Å². The molecule has 5 heteroatoms. The normalized spacial score (nSPS) is 29.5. The van der Waals surface area contributed by atoms with E-state index in [1.54, 1.807) is 0 Å². The van der Waals surface area contributed by atoms with Crippen molar-refractivity contribution in [2.24, 2.45) is 0 Å². The van der Waals surface area contributed by atoms with E-state index >= 15 is 0 Å². The standard InChI is InChI=1S/C9H10O5/c1-13-9(12)7-5-3-2-4(14-5)6(7)8(10)11/h4-5H,2-3H2,1H3,(H,10,11)/t4-,5+/m1/s1. The first-order chi connectivity index (χ1) is 6.65. The zero-order valence-electron chi connectivity index (χ0n) is 7.65. The molecule has 2 bridgehead atoms. The highest BCUT2D eigenvalue weighted by Crippen LogP contribution is 2.39. The van der Waals surface area contributed by atoms with Crippen LogP contribution in [0.3, 0.4) is 0 Å². The Kier molecular flexibility index (Phi) is 2.03. The Balaban J connectivity index is 2.41. The van der Waals surface area contributed by atoms with Crippen LogP contribution >= 0.6 is 0 Å². The highest BCUT2D eigenvalue weighted by molar-refractivity contribution is 6.02. The monoisotopic (exact) mass is 198 g/mol. The van der Waals surface area contributed by atoms with Gasteiger partial charge in [-0.1, -0.05) is 0 Å². The van der Waals surface area contributed by atoms with E-state index < -0.39 is 18.0 Å². The molecule has 0 unspecified atom stereocenters. The van der Waals surface area contributed by atoms with Crippen LogP contribution in [-0.4, -0.2) is 36.4 Å². The Morgan fingerprint density at radius 1 is 1.36 bits per heavy atom. The maximum Gasteiger partial charge on any atom is 0.337 e. The summed E-state index contributed by atoms with van der Waals surface area (Å²) in [6.45, 7) is 0. The fraction of sp³-hybridized carbons (Fsp3) is 0.556. The number of esters is 1. The molecular weight excluding hydrogens is 188 g/mol. The van der Waals surface area contributed by atoms with Crippen molar-refractivity contribution in [1.82, 2.24) is 0 Å². The second-order valence-electron chi connectivity index (χ2n) is 3.31. The summed E-state index contributed by atoms with van der Waals surface area (Å²) >= 11 is 0. The Bertz CT molecular complexity index is 330. The average molecular weight is 198 g/mol. The Morgan fingerprint density at radius 3 is 2.43 bits per heavy atom. The van der Waals surface area contributed by atoms with Gasteiger partial charge >= 0.3 is 11.9 Å². The number of carboxylic acids is 1. The third-order valence-corrected chi connectivity index (χ3v) is 2.59. The van der Waals surface area contributed by atoms with Crippen LogP contribution in [0.1, 0.15) is 12.8 Å². The zero-order valence-corrected chi connectivity index (χ0v) is 7.65. The van der Waals surface area contributed by atoms with Gasteiger partial charge in [0, 0.05) is 0 Å². The van der Waals surface area contributed by atoms with E-state index in [0.29, 0.717) is 12.8 Å². The van der Waals surface area contributed by atoms with Crippen molar-refractivity contribution in [1.29, 1.82) is 0 Å². The molecule has 5 nitrogen and oxygen atoms in total. The first-order valence-corrected chi connectivity index (χ1v) is 4.36. The summed E-state index contributed by atoms with van der Waals surface area (Å²) < 4.78 is 9.85. The minimum atomic E-state index is -1.09. The summed E-state index contributed by atoms with van der Waals surface area (Å²) in [6.07, 6.45) is 0.573. The highest BCUT2D eigenvalue weighted by atomic mass is 16.5. The van der Waals surface area contributed by atoms with Gasteiger partial charge in [0.2, 0.25) is 0 Å². The van der Waals surface area contributed by atoms with E-state index in [-0.39, 0.29) is 17.3 Å². The lowest BCUT2D eigenvalue weighted by Crippen LogP contribution is -2.22. The second kappa shape index (κ2) is 3.09. The third kappa shape index (κ3) is 1.13. The summed E-state index contributed by atoms with van der Waals surface area (Å²) in [5.41, 5.74) is 0.268. The molecule has 76 valence electrons. The van der Waals surface area contributed by atoms with E-state index in [1.807, 2.05) is 0 Å². The highest BCUT2D eigenvalue weighted by Gasteiger charge is 2.46. The Hall–Kier alpha value is -1.36. The molecule has 0 saturated carbocycles. The molecule has 0 amide bonds. The number of methoxy groups -OCH3 is 1. The average Bonchev–Trinajstić information content (AvgIpc) is 2.74. The molecule has 2 aliphatic rings. The maximum atomic E-state index is 11.3. The van der Waals surface area contributed by atoms with Gasteiger partial charge < -0.3 is 14.6 Å². The Morgan fingerprint density at radius 2 is 1.93 bits per heavy atom. The molecule has 2 heterocycles. The van der Waals surface area contributed by atoms with Crippen molar-refractivity contribution in [3.05, 3.63) is 11.1 Å². The SMILES string of the molecule is COC(=O)C1=C(C(=O)O)[C@H]2CC[C@@H]1O2. The fourth-order valence-electron chi connectivity index (χ4n) is 2.01. The van der Waals surface area contributed by atoms with Gasteiger partial charge in [-0.2, -0.15) is 0 Å². The van der Waals surface area contributed by atoms with Crippen molar-refractivity contribution in [3.63, 3.8) is 0 Å². The molecular formula is C9H10O5. The van der Waals surface area contributed by atoms with E-state index in [0.717, 1.165) is 0 Å². The van der Waals surface area contributed by atoms with Crippen LogP contribution in [0.4, 0.5) is 0 Å². The maximum absolute atomic E-state index is 11.3. The van der Waals surface area contributed by atoms with Crippen LogP contribution < -0.4 is 0 Å². The molecule has 0 radical (unpaired) electrons. The van der Waals surface area contributed by atoms with Crippen LogP contribution in [0.5, 0.6) is 0 Å². The van der Waals surface area contributed by atoms with Crippen molar-refractivity contribution in [2.45, 2.75) is 25.0 Å². The van der Waals surface area contributed by atoms with Gasteiger partial charge in [-0.15, -0.1) is 0 Å². The number of hydrogen-bond acceptors (Lipinski definition) is 4. The molecule has 14 heavy (non-hydrogen) atoms. The van der Waals surface area contributed by atoms with Crippen molar-refractivity contribution in [3.8, 4) is 0 Å². The predicted molar refractivity (Wildman–Crippen MR) is 44.6 cm³/mol. The van der Waals surface area contributed by atoms with Gasteiger partial charge in [0.15, 0.2) is 0 Å². The van der Waals surface area contributed by atoms with Gasteiger partial charge in [-0.05, 0) is 12.8 Å². The van der Waals surface area contributed by atoms with Crippen LogP contribution in [0.25, 0.3) is 0 Å². The molecule has 2 rings (SSSR count). The zero-order chi connectivity index (χ0) is 10.3. The van der Waals surface area contributed by atoms with Crippen molar-refractivity contribution in [2.75, 3.05) is 7.11 Å². The summed E-state index contributed by atoms with van der Waals surface area (Å²) in [6, 6.07) is 0. The van der Waals surface area contributed by atoms with Crippen LogP contribution in [-0.2, 0) is 19.1 Å². The molecule has 0 aromatic heterocycles. The summed E-state index contributed by atoms with van der Waals surface area (Å²) in [7, 11) is 1.24. The third-order valence-electron chi connectivity index (χ3n) is 2.59. The molecule has 1 fully saturated rings. The summed E-state index contributed by atoms with van der Waals surface area (Å²) in [4.78, 5) is 22.2. The second-order valence-corrected chi connectivity index (χ2v) is 3.31. The first kappa shape index (κ1) is 9.21. The minimum Gasteiger partial charge on any atom is -0.478 e. The van der Waals surface area contributed by atoms with Gasteiger partial charge in [0.05, 0.1) is 30.5 Å². The number of hydrogen-bond donors (Lipinski definition) is 1. The number of aliphatic carboxylic acids is 1. The number of carbonyl (C=O) groups excluding carboxylic acids is 1. The lowest BCUT2D eigenvalue weighted by molar-refractivity contribution is -0.138. The van der Waals surface area contributed by atoms with Crippen LogP contribution in [0.15, 0.2) is 11.1 Å². The lowest BCUT2D eigenvalue weighted by atomic mass is 9.92. The van der Waals surface area contributed by atoms with Crippen LogP contribution in [0, 0.1) is 0 Å². The quantitative estimate of drug-likeness (QED) is 0.637. The molecule has 1 saturated heterocycles. The van der Waals surface area contributed by atoms with E-state index in [9.17, 15) is 9.59 Å². The van der Waals surface area contributed by atoms with Crippen molar-refractivity contribution < 1.29 is 24.2 Å². The molecule has 1 N–H and O–H groups in total. The smallest absolute Gasteiger partial charge is 0.337 e. The molecule has 0 aromatic rings. The minimum absolute atomic E-state index is 0.0769. The number of rotatable bonds is 2. The summed E-state index contributed by atoms with van der Waals surface area (Å²) in [5, 5.41) is 8.90. The van der Waals surface area contributed by atoms with E-state index in [1.165, 1.54) is 7.11 Å². The van der Waals surface area contributed by atoms with Crippen molar-refractivity contribution >= 4 is 11.9 Å². The van der Waals surface area contributed by atoms with E-state index in [4.69, 9.17) is 9.84 Å².